The molecule has 3 heteroatoms. The van der Waals surface area contributed by atoms with Crippen LogP contribution in [0.2, 0.25) is 0 Å². The highest BCUT2D eigenvalue weighted by atomic mass is 16.7. The Kier molecular flexibility index (Phi) is 8.67. The van der Waals surface area contributed by atoms with Crippen LogP contribution in [0.15, 0.2) is 0 Å². The Bertz CT molecular complexity index is 170. The number of hydrogen-bond acceptors (Lipinski definition) is 3. The molecule has 1 aliphatic heterocycles. The minimum Gasteiger partial charge on any atom is -0.353 e. The SMILES string of the molecule is CCCCCC(CCCN)OC1CCCCO1. The number of unbranched alkanes of at least 4 members (excludes halogenated alkanes) is 2. The number of ether oxygens (including phenoxy) is 2. The predicted octanol–water partition coefficient (Wildman–Crippen LogP) is 3.22. The second-order valence-corrected chi connectivity index (χ2v) is 4.98. The van der Waals surface area contributed by atoms with Crippen LogP contribution in [-0.4, -0.2) is 25.5 Å². The maximum absolute atomic E-state index is 6.06. The standard InChI is InChI=1S/C14H29NO2/c1-2-3-4-8-13(9-7-11-15)17-14-10-5-6-12-16-14/h13-14H,2-12,15H2,1H3. The van der Waals surface area contributed by atoms with E-state index < -0.39 is 0 Å². The van der Waals surface area contributed by atoms with Crippen molar-refractivity contribution < 1.29 is 9.47 Å². The van der Waals surface area contributed by atoms with E-state index in [1.165, 1.54) is 32.1 Å². The first kappa shape index (κ1) is 14.9. The summed E-state index contributed by atoms with van der Waals surface area (Å²) in [5.74, 6) is 0. The van der Waals surface area contributed by atoms with Crippen molar-refractivity contribution in [3.63, 3.8) is 0 Å². The zero-order chi connectivity index (χ0) is 12.3. The Morgan fingerprint density at radius 1 is 1.24 bits per heavy atom. The number of nitrogens with two attached hydrogens (primary N) is 1. The lowest BCUT2D eigenvalue weighted by Gasteiger charge is -2.28. The molecule has 1 aliphatic rings. The Balaban J connectivity index is 2.22. The van der Waals surface area contributed by atoms with Crippen LogP contribution in [0.4, 0.5) is 0 Å². The van der Waals surface area contributed by atoms with Gasteiger partial charge in [0.25, 0.3) is 0 Å². The normalized spacial score (nSPS) is 22.6. The fourth-order valence-electron chi connectivity index (χ4n) is 2.28. The largest absolute Gasteiger partial charge is 0.353 e. The highest BCUT2D eigenvalue weighted by Crippen LogP contribution is 2.20. The molecule has 3 nitrogen and oxygen atoms in total. The van der Waals surface area contributed by atoms with Crippen LogP contribution >= 0.6 is 0 Å². The molecule has 102 valence electrons. The second kappa shape index (κ2) is 9.86. The van der Waals surface area contributed by atoms with Gasteiger partial charge in [-0.1, -0.05) is 26.2 Å². The molecule has 2 N–H and O–H groups in total. The van der Waals surface area contributed by atoms with Crippen LogP contribution < -0.4 is 5.73 Å². The highest BCUT2D eigenvalue weighted by Gasteiger charge is 2.19. The molecule has 0 aromatic carbocycles. The number of hydrogen-bond donors (Lipinski definition) is 1. The minimum absolute atomic E-state index is 0.0492. The molecule has 0 radical (unpaired) electrons. The number of rotatable bonds is 9. The lowest BCUT2D eigenvalue weighted by atomic mass is 10.1. The van der Waals surface area contributed by atoms with Crippen molar-refractivity contribution in [1.82, 2.24) is 0 Å². The van der Waals surface area contributed by atoms with E-state index in [0.717, 1.165) is 38.8 Å². The van der Waals surface area contributed by atoms with E-state index in [4.69, 9.17) is 15.2 Å². The highest BCUT2D eigenvalue weighted by molar-refractivity contribution is 4.63. The molecule has 1 heterocycles. The molecule has 0 aliphatic carbocycles. The fraction of sp³-hybridized carbons (Fsp3) is 1.00. The van der Waals surface area contributed by atoms with Gasteiger partial charge in [0.1, 0.15) is 0 Å². The third-order valence-electron chi connectivity index (χ3n) is 3.34. The van der Waals surface area contributed by atoms with Gasteiger partial charge in [0, 0.05) is 6.61 Å². The van der Waals surface area contributed by atoms with Gasteiger partial charge in [-0.15, -0.1) is 0 Å². The lowest BCUT2D eigenvalue weighted by molar-refractivity contribution is -0.190. The molecule has 0 aromatic rings. The zero-order valence-corrected chi connectivity index (χ0v) is 11.3. The molecule has 0 spiro atoms. The van der Waals surface area contributed by atoms with E-state index >= 15 is 0 Å². The van der Waals surface area contributed by atoms with Gasteiger partial charge in [0.15, 0.2) is 6.29 Å². The second-order valence-electron chi connectivity index (χ2n) is 4.98. The van der Waals surface area contributed by atoms with Crippen molar-refractivity contribution in [2.45, 2.75) is 77.1 Å². The summed E-state index contributed by atoms with van der Waals surface area (Å²) in [7, 11) is 0. The van der Waals surface area contributed by atoms with Gasteiger partial charge in [0.2, 0.25) is 0 Å². The summed E-state index contributed by atoms with van der Waals surface area (Å²) in [6.07, 6.45) is 11.0. The van der Waals surface area contributed by atoms with Gasteiger partial charge in [-0.2, -0.15) is 0 Å². The molecule has 2 atom stereocenters. The van der Waals surface area contributed by atoms with Crippen LogP contribution in [0.1, 0.15) is 64.7 Å². The molecule has 2 unspecified atom stereocenters. The lowest BCUT2D eigenvalue weighted by Crippen LogP contribution is -2.28. The maximum Gasteiger partial charge on any atom is 0.157 e. The molecular weight excluding hydrogens is 214 g/mol. The third kappa shape index (κ3) is 7.02. The van der Waals surface area contributed by atoms with E-state index in [9.17, 15) is 0 Å². The summed E-state index contributed by atoms with van der Waals surface area (Å²) in [5.41, 5.74) is 5.58. The fourth-order valence-corrected chi connectivity index (χ4v) is 2.28. The topological polar surface area (TPSA) is 44.5 Å². The quantitative estimate of drug-likeness (QED) is 0.632. The van der Waals surface area contributed by atoms with E-state index in [1.807, 2.05) is 0 Å². The average molecular weight is 243 g/mol. The van der Waals surface area contributed by atoms with Crippen LogP contribution in [0.5, 0.6) is 0 Å². The smallest absolute Gasteiger partial charge is 0.157 e. The first-order valence-electron chi connectivity index (χ1n) is 7.34. The molecule has 17 heavy (non-hydrogen) atoms. The van der Waals surface area contributed by atoms with Crippen molar-refractivity contribution in [1.29, 1.82) is 0 Å². The van der Waals surface area contributed by atoms with E-state index in [0.29, 0.717) is 6.10 Å². The molecule has 0 aromatic heterocycles. The Morgan fingerprint density at radius 2 is 2.06 bits per heavy atom. The summed E-state index contributed by atoms with van der Waals surface area (Å²) in [6, 6.07) is 0. The Morgan fingerprint density at radius 3 is 2.71 bits per heavy atom. The van der Waals surface area contributed by atoms with Crippen LogP contribution in [-0.2, 0) is 9.47 Å². The average Bonchev–Trinajstić information content (AvgIpc) is 2.37. The summed E-state index contributed by atoms with van der Waals surface area (Å²) in [6.45, 7) is 3.86. The van der Waals surface area contributed by atoms with Crippen molar-refractivity contribution >= 4 is 0 Å². The van der Waals surface area contributed by atoms with Gasteiger partial charge in [-0.3, -0.25) is 0 Å². The van der Waals surface area contributed by atoms with Gasteiger partial charge < -0.3 is 15.2 Å². The predicted molar refractivity (Wildman–Crippen MR) is 70.9 cm³/mol. The van der Waals surface area contributed by atoms with Crippen LogP contribution in [0.25, 0.3) is 0 Å². The minimum atomic E-state index is 0.0492. The first-order chi connectivity index (χ1) is 8.36. The summed E-state index contributed by atoms with van der Waals surface area (Å²) in [5, 5.41) is 0. The monoisotopic (exact) mass is 243 g/mol. The molecule has 0 bridgehead atoms. The van der Waals surface area contributed by atoms with E-state index in [2.05, 4.69) is 6.92 Å². The Labute approximate surface area is 106 Å². The van der Waals surface area contributed by atoms with Crippen LogP contribution in [0.3, 0.4) is 0 Å². The van der Waals surface area contributed by atoms with Crippen molar-refractivity contribution in [2.24, 2.45) is 5.73 Å². The zero-order valence-electron chi connectivity index (χ0n) is 11.3. The summed E-state index contributed by atoms with van der Waals surface area (Å²) >= 11 is 0. The summed E-state index contributed by atoms with van der Waals surface area (Å²) < 4.78 is 11.7. The van der Waals surface area contributed by atoms with Gasteiger partial charge >= 0.3 is 0 Å². The van der Waals surface area contributed by atoms with Gasteiger partial charge in [0.05, 0.1) is 6.10 Å². The van der Waals surface area contributed by atoms with Crippen molar-refractivity contribution in [3.8, 4) is 0 Å². The van der Waals surface area contributed by atoms with Gasteiger partial charge in [-0.05, 0) is 45.1 Å². The molecule has 0 amide bonds. The molecule has 1 rings (SSSR count). The third-order valence-corrected chi connectivity index (χ3v) is 3.34. The van der Waals surface area contributed by atoms with E-state index in [1.54, 1.807) is 0 Å². The van der Waals surface area contributed by atoms with Crippen LogP contribution in [0, 0.1) is 0 Å². The van der Waals surface area contributed by atoms with Gasteiger partial charge in [-0.25, -0.2) is 0 Å². The molecule has 0 saturated carbocycles. The van der Waals surface area contributed by atoms with Crippen molar-refractivity contribution in [2.75, 3.05) is 13.2 Å². The van der Waals surface area contributed by atoms with E-state index in [-0.39, 0.29) is 6.29 Å². The first-order valence-corrected chi connectivity index (χ1v) is 7.34. The molecule has 1 fully saturated rings. The summed E-state index contributed by atoms with van der Waals surface area (Å²) in [4.78, 5) is 0. The molecular formula is C14H29NO2. The maximum atomic E-state index is 6.06. The van der Waals surface area contributed by atoms with Crippen molar-refractivity contribution in [3.05, 3.63) is 0 Å². The Hall–Kier alpha value is -0.120. The molecule has 1 saturated heterocycles.